The summed E-state index contributed by atoms with van der Waals surface area (Å²) >= 11 is 3.45. The highest BCUT2D eigenvalue weighted by Gasteiger charge is 2.07. The van der Waals surface area contributed by atoms with Gasteiger partial charge in [0.2, 0.25) is 6.33 Å². The molecule has 0 atom stereocenters. The van der Waals surface area contributed by atoms with Crippen molar-refractivity contribution in [3.8, 4) is 0 Å². The minimum absolute atomic E-state index is 0.801. The van der Waals surface area contributed by atoms with Gasteiger partial charge in [-0.3, -0.25) is 0 Å². The Morgan fingerprint density at radius 2 is 1.90 bits per heavy atom. The first kappa shape index (κ1) is 14.0. The molecule has 0 saturated carbocycles. The number of benzene rings is 2. The smallest absolute Gasteiger partial charge is 0.233 e. The van der Waals surface area contributed by atoms with Crippen LogP contribution in [-0.2, 0) is 13.1 Å². The van der Waals surface area contributed by atoms with Crippen molar-refractivity contribution in [2.24, 2.45) is 0 Å². The lowest BCUT2D eigenvalue weighted by Gasteiger charge is -1.99. The van der Waals surface area contributed by atoms with Gasteiger partial charge in [-0.05, 0) is 30.2 Å². The molecule has 106 valence electrons. The van der Waals surface area contributed by atoms with E-state index in [2.05, 4.69) is 81.1 Å². The summed E-state index contributed by atoms with van der Waals surface area (Å²) < 4.78 is 5.17. The molecule has 0 aliphatic rings. The van der Waals surface area contributed by atoms with Crippen LogP contribution in [0.15, 0.2) is 65.7 Å². The van der Waals surface area contributed by atoms with Crippen LogP contribution in [0, 0.1) is 6.92 Å². The first-order chi connectivity index (χ1) is 10.2. The number of rotatable bonds is 4. The van der Waals surface area contributed by atoms with Gasteiger partial charge in [-0.2, -0.15) is 0 Å². The van der Waals surface area contributed by atoms with Gasteiger partial charge in [0, 0.05) is 9.57 Å². The maximum Gasteiger partial charge on any atom is 0.265 e. The van der Waals surface area contributed by atoms with E-state index < -0.39 is 0 Å². The summed E-state index contributed by atoms with van der Waals surface area (Å²) in [4.78, 5) is 0. The zero-order valence-corrected chi connectivity index (χ0v) is 13.5. The molecule has 21 heavy (non-hydrogen) atoms. The lowest BCUT2D eigenvalue weighted by Crippen LogP contribution is -2.31. The molecule has 3 aromatic rings. The van der Waals surface area contributed by atoms with Crippen LogP contribution in [0.5, 0.6) is 0 Å². The average molecular weight is 343 g/mol. The third-order valence-corrected chi connectivity index (χ3v) is 3.86. The number of halogens is 1. The fourth-order valence-corrected chi connectivity index (χ4v) is 2.59. The Hall–Kier alpha value is -1.94. The summed E-state index contributed by atoms with van der Waals surface area (Å²) in [7, 11) is 0. The molecule has 3 rings (SSSR count). The Morgan fingerprint density at radius 1 is 1.10 bits per heavy atom. The normalized spacial score (nSPS) is 10.8. The van der Waals surface area contributed by atoms with Crippen LogP contribution in [0.3, 0.4) is 0 Å². The Balaban J connectivity index is 1.70. The van der Waals surface area contributed by atoms with E-state index in [4.69, 9.17) is 0 Å². The van der Waals surface area contributed by atoms with Gasteiger partial charge in [-0.25, -0.2) is 4.57 Å². The molecule has 0 fully saturated rings. The number of aromatic nitrogens is 3. The molecule has 3 nitrogen and oxygen atoms in total. The number of hydrogen-bond acceptors (Lipinski definition) is 1. The minimum atomic E-state index is 0.801. The average Bonchev–Trinajstić information content (AvgIpc) is 2.89. The summed E-state index contributed by atoms with van der Waals surface area (Å²) in [5.74, 6) is 0. The molecule has 4 heteroatoms. The second kappa shape index (κ2) is 6.22. The molecular formula is C17H17BrN3+. The van der Waals surface area contributed by atoms with Gasteiger partial charge in [-0.15, -0.1) is 4.68 Å². The molecule has 0 spiro atoms. The predicted molar refractivity (Wildman–Crippen MR) is 85.9 cm³/mol. The molecule has 0 N–H and O–H groups in total. The zero-order chi connectivity index (χ0) is 14.7. The number of hydrogen-bond donors (Lipinski definition) is 0. The van der Waals surface area contributed by atoms with Crippen molar-refractivity contribution < 1.29 is 4.57 Å². The number of nitrogens with zero attached hydrogens (tertiary/aromatic N) is 3. The molecule has 0 unspecified atom stereocenters. The summed E-state index contributed by atoms with van der Waals surface area (Å²) in [6.07, 6.45) is 3.92. The maximum atomic E-state index is 4.43. The fourth-order valence-electron chi connectivity index (χ4n) is 2.32. The van der Waals surface area contributed by atoms with E-state index in [1.165, 1.54) is 16.7 Å². The van der Waals surface area contributed by atoms with Crippen molar-refractivity contribution in [3.63, 3.8) is 0 Å². The van der Waals surface area contributed by atoms with Crippen LogP contribution in [-0.4, -0.2) is 9.78 Å². The monoisotopic (exact) mass is 342 g/mol. The van der Waals surface area contributed by atoms with E-state index >= 15 is 0 Å². The third-order valence-electron chi connectivity index (χ3n) is 3.34. The van der Waals surface area contributed by atoms with Gasteiger partial charge in [-0.1, -0.05) is 57.9 Å². The summed E-state index contributed by atoms with van der Waals surface area (Å²) in [5.41, 5.74) is 3.81. The molecule has 1 aromatic heterocycles. The molecule has 1 heterocycles. The van der Waals surface area contributed by atoms with Crippen molar-refractivity contribution in [1.82, 2.24) is 9.78 Å². The van der Waals surface area contributed by atoms with Crippen molar-refractivity contribution in [2.75, 3.05) is 0 Å². The van der Waals surface area contributed by atoms with E-state index in [-0.39, 0.29) is 0 Å². The summed E-state index contributed by atoms with van der Waals surface area (Å²) in [6, 6.07) is 16.9. The lowest BCUT2D eigenvalue weighted by molar-refractivity contribution is -0.689. The predicted octanol–water partition coefficient (Wildman–Crippen LogP) is 3.34. The maximum absolute atomic E-state index is 4.43. The first-order valence-electron chi connectivity index (χ1n) is 6.90. The molecule has 0 bridgehead atoms. The standard InChI is InChI=1S/C17H17BrN3/c1-14-3-2-4-16(9-14)11-21-13-20(12-19-21)10-15-5-7-17(18)8-6-15/h2-9,12-13H,10-11H2,1H3/q+1. The highest BCUT2D eigenvalue weighted by molar-refractivity contribution is 9.10. The van der Waals surface area contributed by atoms with E-state index in [1.807, 2.05) is 17.3 Å². The molecule has 0 amide bonds. The quantitative estimate of drug-likeness (QED) is 0.666. The number of aryl methyl sites for hydroxylation is 1. The SMILES string of the molecule is Cc1cccc(Cn2c[n+](Cc3ccc(Br)cc3)cn2)c1. The second-order valence-corrected chi connectivity index (χ2v) is 6.15. The van der Waals surface area contributed by atoms with Crippen molar-refractivity contribution in [3.05, 3.63) is 82.3 Å². The molecular weight excluding hydrogens is 326 g/mol. The molecule has 0 radical (unpaired) electrons. The Morgan fingerprint density at radius 3 is 2.67 bits per heavy atom. The summed E-state index contributed by atoms with van der Waals surface area (Å²) in [5, 5.41) is 4.43. The van der Waals surface area contributed by atoms with E-state index in [0.29, 0.717) is 0 Å². The summed E-state index contributed by atoms with van der Waals surface area (Å²) in [6.45, 7) is 3.75. The van der Waals surface area contributed by atoms with E-state index in [9.17, 15) is 0 Å². The van der Waals surface area contributed by atoms with Gasteiger partial charge in [0.15, 0.2) is 0 Å². The van der Waals surface area contributed by atoms with Gasteiger partial charge in [0.1, 0.15) is 6.54 Å². The highest BCUT2D eigenvalue weighted by Crippen LogP contribution is 2.10. The van der Waals surface area contributed by atoms with Crippen LogP contribution >= 0.6 is 15.9 Å². The van der Waals surface area contributed by atoms with Crippen LogP contribution in [0.4, 0.5) is 0 Å². The van der Waals surface area contributed by atoms with Crippen molar-refractivity contribution in [1.29, 1.82) is 0 Å². The molecule has 0 saturated heterocycles. The topological polar surface area (TPSA) is 21.7 Å². The van der Waals surface area contributed by atoms with Gasteiger partial charge in [0.05, 0.1) is 6.54 Å². The van der Waals surface area contributed by atoms with Crippen molar-refractivity contribution in [2.45, 2.75) is 20.0 Å². The van der Waals surface area contributed by atoms with Gasteiger partial charge >= 0.3 is 0 Å². The van der Waals surface area contributed by atoms with Crippen LogP contribution < -0.4 is 4.57 Å². The van der Waals surface area contributed by atoms with Crippen LogP contribution in [0.25, 0.3) is 0 Å². The highest BCUT2D eigenvalue weighted by atomic mass is 79.9. The lowest BCUT2D eigenvalue weighted by atomic mass is 10.1. The molecule has 0 aliphatic heterocycles. The third kappa shape index (κ3) is 3.79. The zero-order valence-electron chi connectivity index (χ0n) is 11.9. The Bertz CT molecular complexity index is 732. The molecule has 0 aliphatic carbocycles. The first-order valence-corrected chi connectivity index (χ1v) is 7.70. The fraction of sp³-hybridized carbons (Fsp3) is 0.176. The van der Waals surface area contributed by atoms with Gasteiger partial charge < -0.3 is 0 Å². The Kier molecular flexibility index (Phi) is 4.15. The largest absolute Gasteiger partial charge is 0.265 e. The van der Waals surface area contributed by atoms with Crippen LogP contribution in [0.1, 0.15) is 16.7 Å². The van der Waals surface area contributed by atoms with E-state index in [0.717, 1.165) is 17.6 Å². The van der Waals surface area contributed by atoms with Gasteiger partial charge in [0.25, 0.3) is 6.33 Å². The second-order valence-electron chi connectivity index (χ2n) is 5.23. The van der Waals surface area contributed by atoms with Crippen LogP contribution in [0.2, 0.25) is 0 Å². The minimum Gasteiger partial charge on any atom is -0.233 e. The van der Waals surface area contributed by atoms with Crippen molar-refractivity contribution >= 4 is 15.9 Å². The molecule has 2 aromatic carbocycles. The van der Waals surface area contributed by atoms with E-state index in [1.54, 1.807) is 0 Å². The Labute approximate surface area is 133 Å².